The molecule has 0 spiro atoms. The smallest absolute Gasteiger partial charge is 0.00643 e. The second kappa shape index (κ2) is 13.0. The third-order valence-electron chi connectivity index (χ3n) is 2.58. The van der Waals surface area contributed by atoms with Gasteiger partial charge in [-0.25, -0.2) is 0 Å². The highest BCUT2D eigenvalue weighted by atomic mass is 14.9. The Morgan fingerprint density at radius 2 is 1.57 bits per heavy atom. The summed E-state index contributed by atoms with van der Waals surface area (Å²) in [6.45, 7) is 14.3. The summed E-state index contributed by atoms with van der Waals surface area (Å²) in [6, 6.07) is 0.691. The molecule has 2 atom stereocenters. The van der Waals surface area contributed by atoms with E-state index in [-0.39, 0.29) is 0 Å². The SMILES string of the molecule is CC.CCCCC(C)C(C)NCCC. The quantitative estimate of drug-likeness (QED) is 0.650. The predicted molar refractivity (Wildman–Crippen MR) is 67.8 cm³/mol. The van der Waals surface area contributed by atoms with Crippen LogP contribution < -0.4 is 5.32 Å². The molecular formula is C13H31N. The Kier molecular flexibility index (Phi) is 15.2. The summed E-state index contributed by atoms with van der Waals surface area (Å²) >= 11 is 0. The lowest BCUT2D eigenvalue weighted by Crippen LogP contribution is -2.32. The van der Waals surface area contributed by atoms with E-state index in [0.29, 0.717) is 6.04 Å². The van der Waals surface area contributed by atoms with Gasteiger partial charge in [0.05, 0.1) is 0 Å². The standard InChI is InChI=1S/C11H25N.C2H6/c1-5-7-8-10(3)11(4)12-9-6-2;1-2/h10-12H,5-9H2,1-4H3;1-2H3. The Morgan fingerprint density at radius 1 is 1.00 bits per heavy atom. The first kappa shape index (κ1) is 16.4. The van der Waals surface area contributed by atoms with Gasteiger partial charge < -0.3 is 5.32 Å². The van der Waals surface area contributed by atoms with Crippen molar-refractivity contribution >= 4 is 0 Å². The van der Waals surface area contributed by atoms with Crippen molar-refractivity contribution in [1.82, 2.24) is 5.32 Å². The van der Waals surface area contributed by atoms with Gasteiger partial charge in [-0.15, -0.1) is 0 Å². The van der Waals surface area contributed by atoms with Gasteiger partial charge in [0.25, 0.3) is 0 Å². The monoisotopic (exact) mass is 201 g/mol. The van der Waals surface area contributed by atoms with Crippen molar-refractivity contribution in [2.75, 3.05) is 6.54 Å². The highest BCUT2D eigenvalue weighted by Crippen LogP contribution is 2.11. The summed E-state index contributed by atoms with van der Waals surface area (Å²) < 4.78 is 0. The topological polar surface area (TPSA) is 12.0 Å². The highest BCUT2D eigenvalue weighted by molar-refractivity contribution is 4.67. The maximum Gasteiger partial charge on any atom is 0.00643 e. The molecule has 0 saturated heterocycles. The lowest BCUT2D eigenvalue weighted by Gasteiger charge is -2.20. The van der Waals surface area contributed by atoms with Crippen LogP contribution in [0.15, 0.2) is 0 Å². The van der Waals surface area contributed by atoms with Crippen LogP contribution in [-0.2, 0) is 0 Å². The van der Waals surface area contributed by atoms with Gasteiger partial charge in [0.2, 0.25) is 0 Å². The molecule has 0 aliphatic rings. The zero-order valence-corrected chi connectivity index (χ0v) is 11.2. The fourth-order valence-electron chi connectivity index (χ4n) is 1.35. The molecule has 2 unspecified atom stereocenters. The molecule has 1 heteroatoms. The fraction of sp³-hybridized carbons (Fsp3) is 1.00. The maximum atomic E-state index is 3.54. The minimum Gasteiger partial charge on any atom is -0.314 e. The minimum atomic E-state index is 0.691. The molecule has 0 aromatic heterocycles. The van der Waals surface area contributed by atoms with E-state index in [2.05, 4.69) is 33.0 Å². The summed E-state index contributed by atoms with van der Waals surface area (Å²) in [5, 5.41) is 3.54. The molecule has 0 aromatic carbocycles. The Bertz CT molecular complexity index is 79.2. The number of unbranched alkanes of at least 4 members (excludes halogenated alkanes) is 1. The zero-order valence-electron chi connectivity index (χ0n) is 11.2. The summed E-state index contributed by atoms with van der Waals surface area (Å²) in [5.41, 5.74) is 0. The first-order chi connectivity index (χ1) is 6.72. The molecule has 1 N–H and O–H groups in total. The Hall–Kier alpha value is -0.0400. The predicted octanol–water partition coefficient (Wildman–Crippen LogP) is 4.23. The van der Waals surface area contributed by atoms with Crippen molar-refractivity contribution < 1.29 is 0 Å². The number of hydrogen-bond donors (Lipinski definition) is 1. The molecule has 0 heterocycles. The second-order valence-corrected chi connectivity index (χ2v) is 3.86. The number of nitrogens with one attached hydrogen (secondary N) is 1. The van der Waals surface area contributed by atoms with Crippen LogP contribution >= 0.6 is 0 Å². The highest BCUT2D eigenvalue weighted by Gasteiger charge is 2.09. The van der Waals surface area contributed by atoms with Crippen LogP contribution in [0.5, 0.6) is 0 Å². The van der Waals surface area contributed by atoms with E-state index in [1.807, 2.05) is 13.8 Å². The third kappa shape index (κ3) is 10.0. The van der Waals surface area contributed by atoms with E-state index in [0.717, 1.165) is 12.5 Å². The molecule has 0 amide bonds. The fourth-order valence-corrected chi connectivity index (χ4v) is 1.35. The zero-order chi connectivity index (χ0) is 11.4. The van der Waals surface area contributed by atoms with Crippen molar-refractivity contribution in [3.63, 3.8) is 0 Å². The van der Waals surface area contributed by atoms with Crippen molar-refractivity contribution in [1.29, 1.82) is 0 Å². The van der Waals surface area contributed by atoms with Gasteiger partial charge in [-0.1, -0.05) is 47.5 Å². The minimum absolute atomic E-state index is 0.691. The molecule has 0 fully saturated rings. The Labute approximate surface area is 91.7 Å². The Balaban J connectivity index is 0. The molecule has 0 aromatic rings. The third-order valence-corrected chi connectivity index (χ3v) is 2.58. The molecule has 1 nitrogen and oxygen atoms in total. The lowest BCUT2D eigenvalue weighted by molar-refractivity contribution is 0.371. The van der Waals surface area contributed by atoms with Gasteiger partial charge in [-0.3, -0.25) is 0 Å². The first-order valence-corrected chi connectivity index (χ1v) is 6.45. The van der Waals surface area contributed by atoms with Crippen LogP contribution in [0.25, 0.3) is 0 Å². The summed E-state index contributed by atoms with van der Waals surface area (Å²) in [5.74, 6) is 0.830. The van der Waals surface area contributed by atoms with Crippen molar-refractivity contribution in [3.8, 4) is 0 Å². The van der Waals surface area contributed by atoms with Gasteiger partial charge in [0.1, 0.15) is 0 Å². The largest absolute Gasteiger partial charge is 0.314 e. The average Bonchev–Trinajstić information content (AvgIpc) is 2.25. The van der Waals surface area contributed by atoms with Crippen molar-refractivity contribution in [2.45, 2.75) is 73.3 Å². The van der Waals surface area contributed by atoms with E-state index in [4.69, 9.17) is 0 Å². The first-order valence-electron chi connectivity index (χ1n) is 6.45. The molecule has 14 heavy (non-hydrogen) atoms. The van der Waals surface area contributed by atoms with Gasteiger partial charge >= 0.3 is 0 Å². The summed E-state index contributed by atoms with van der Waals surface area (Å²) in [6.07, 6.45) is 5.31. The van der Waals surface area contributed by atoms with E-state index in [1.54, 1.807) is 0 Å². The van der Waals surface area contributed by atoms with Crippen LogP contribution in [0, 0.1) is 5.92 Å². The summed E-state index contributed by atoms with van der Waals surface area (Å²) in [7, 11) is 0. The second-order valence-electron chi connectivity index (χ2n) is 3.86. The maximum absolute atomic E-state index is 3.54. The van der Waals surface area contributed by atoms with E-state index < -0.39 is 0 Å². The Morgan fingerprint density at radius 3 is 2.00 bits per heavy atom. The average molecular weight is 201 g/mol. The van der Waals surface area contributed by atoms with E-state index >= 15 is 0 Å². The molecule has 0 aliphatic carbocycles. The normalized spacial score (nSPS) is 14.1. The molecule has 0 saturated carbocycles. The van der Waals surface area contributed by atoms with E-state index in [1.165, 1.54) is 25.7 Å². The molecular weight excluding hydrogens is 170 g/mol. The van der Waals surface area contributed by atoms with Gasteiger partial charge in [0, 0.05) is 6.04 Å². The summed E-state index contributed by atoms with van der Waals surface area (Å²) in [4.78, 5) is 0. The van der Waals surface area contributed by atoms with Crippen LogP contribution in [0.4, 0.5) is 0 Å². The van der Waals surface area contributed by atoms with Crippen molar-refractivity contribution in [2.24, 2.45) is 5.92 Å². The van der Waals surface area contributed by atoms with Crippen molar-refractivity contribution in [3.05, 3.63) is 0 Å². The van der Waals surface area contributed by atoms with Crippen LogP contribution in [-0.4, -0.2) is 12.6 Å². The van der Waals surface area contributed by atoms with Crippen LogP contribution in [0.2, 0.25) is 0 Å². The van der Waals surface area contributed by atoms with Gasteiger partial charge in [-0.05, 0) is 32.2 Å². The molecule has 0 aliphatic heterocycles. The van der Waals surface area contributed by atoms with Crippen LogP contribution in [0.1, 0.15) is 67.2 Å². The molecule has 0 bridgehead atoms. The lowest BCUT2D eigenvalue weighted by atomic mass is 9.97. The number of rotatable bonds is 7. The van der Waals surface area contributed by atoms with Gasteiger partial charge in [0.15, 0.2) is 0 Å². The molecule has 88 valence electrons. The molecule has 0 radical (unpaired) electrons. The van der Waals surface area contributed by atoms with Gasteiger partial charge in [-0.2, -0.15) is 0 Å². The number of hydrogen-bond acceptors (Lipinski definition) is 1. The van der Waals surface area contributed by atoms with E-state index in [9.17, 15) is 0 Å². The van der Waals surface area contributed by atoms with Crippen LogP contribution in [0.3, 0.4) is 0 Å². The molecule has 0 rings (SSSR count).